The second kappa shape index (κ2) is 5.53. The second-order valence-electron chi connectivity index (χ2n) is 6.79. The Kier molecular flexibility index (Phi) is 4.10. The SMILES string of the molecule is COC1(OC)C(=O)C[C@H]2C[C@H]21.COC1(OC)C(O)C[C@H]2C[C@H]21. The molecule has 6 heteroatoms. The van der Waals surface area contributed by atoms with Gasteiger partial charge in [-0.25, -0.2) is 0 Å². The third-order valence-electron chi connectivity index (χ3n) is 5.92. The number of methoxy groups -OCH3 is 4. The fraction of sp³-hybridized carbons (Fsp3) is 0.938. The Morgan fingerprint density at radius 3 is 1.77 bits per heavy atom. The minimum atomic E-state index is -0.870. The minimum Gasteiger partial charge on any atom is -0.387 e. The average molecular weight is 314 g/mol. The average Bonchev–Trinajstić information content (AvgIpc) is 3.41. The Bertz CT molecular complexity index is 438. The second-order valence-corrected chi connectivity index (χ2v) is 6.79. The van der Waals surface area contributed by atoms with Crippen LogP contribution in [0.25, 0.3) is 0 Å². The third-order valence-corrected chi connectivity index (χ3v) is 5.92. The number of aliphatic hydroxyl groups is 1. The lowest BCUT2D eigenvalue weighted by Crippen LogP contribution is -2.44. The van der Waals surface area contributed by atoms with E-state index in [0.717, 1.165) is 19.3 Å². The Hall–Kier alpha value is -0.530. The molecule has 1 N–H and O–H groups in total. The third kappa shape index (κ3) is 2.16. The number of aliphatic hydroxyl groups excluding tert-OH is 1. The largest absolute Gasteiger partial charge is 0.387 e. The van der Waals surface area contributed by atoms with Gasteiger partial charge >= 0.3 is 0 Å². The van der Waals surface area contributed by atoms with E-state index in [9.17, 15) is 9.90 Å². The summed E-state index contributed by atoms with van der Waals surface area (Å²) in [6.45, 7) is 0. The first-order valence-electron chi connectivity index (χ1n) is 7.91. The van der Waals surface area contributed by atoms with Gasteiger partial charge in [0.1, 0.15) is 6.10 Å². The molecule has 22 heavy (non-hydrogen) atoms. The van der Waals surface area contributed by atoms with Gasteiger partial charge in [0.15, 0.2) is 11.6 Å². The van der Waals surface area contributed by atoms with Gasteiger partial charge in [-0.15, -0.1) is 0 Å². The fourth-order valence-corrected chi connectivity index (χ4v) is 4.50. The summed E-state index contributed by atoms with van der Waals surface area (Å²) in [4.78, 5) is 11.3. The Morgan fingerprint density at radius 2 is 1.50 bits per heavy atom. The Labute approximate surface area is 131 Å². The fourth-order valence-electron chi connectivity index (χ4n) is 4.50. The van der Waals surface area contributed by atoms with E-state index in [-0.39, 0.29) is 5.78 Å². The molecule has 4 aliphatic rings. The number of carbonyl (C=O) groups is 1. The van der Waals surface area contributed by atoms with Gasteiger partial charge in [0, 0.05) is 46.7 Å². The normalized spacial score (nSPS) is 42.2. The van der Waals surface area contributed by atoms with Crippen LogP contribution in [-0.2, 0) is 23.7 Å². The van der Waals surface area contributed by atoms with Gasteiger partial charge in [0.2, 0.25) is 5.79 Å². The van der Waals surface area contributed by atoms with Gasteiger partial charge in [-0.2, -0.15) is 0 Å². The van der Waals surface area contributed by atoms with Crippen molar-refractivity contribution in [2.75, 3.05) is 28.4 Å². The minimum absolute atomic E-state index is 0.115. The van der Waals surface area contributed by atoms with Crippen LogP contribution in [-0.4, -0.2) is 57.0 Å². The number of ketones is 1. The highest BCUT2D eigenvalue weighted by molar-refractivity contribution is 5.90. The van der Waals surface area contributed by atoms with E-state index >= 15 is 0 Å². The number of hydrogen-bond donors (Lipinski definition) is 1. The lowest BCUT2D eigenvalue weighted by Gasteiger charge is -2.31. The van der Waals surface area contributed by atoms with Gasteiger partial charge in [-0.05, 0) is 31.1 Å². The molecule has 0 heterocycles. The van der Waals surface area contributed by atoms with Crippen LogP contribution < -0.4 is 0 Å². The number of ether oxygens (including phenoxy) is 4. The van der Waals surface area contributed by atoms with Crippen LogP contribution in [0.1, 0.15) is 25.7 Å². The molecule has 0 aromatic carbocycles. The number of carbonyl (C=O) groups excluding carboxylic acids is 1. The van der Waals surface area contributed by atoms with Gasteiger partial charge in [0.05, 0.1) is 0 Å². The quantitative estimate of drug-likeness (QED) is 0.779. The molecule has 4 saturated carbocycles. The molecule has 6 nitrogen and oxygen atoms in total. The molecule has 4 aliphatic carbocycles. The Balaban J connectivity index is 0.000000131. The summed E-state index contributed by atoms with van der Waals surface area (Å²) in [7, 11) is 6.30. The van der Waals surface area contributed by atoms with Gasteiger partial charge in [0.25, 0.3) is 0 Å². The van der Waals surface area contributed by atoms with Crippen molar-refractivity contribution in [1.29, 1.82) is 0 Å². The lowest BCUT2D eigenvalue weighted by molar-refractivity contribution is -0.259. The zero-order valence-corrected chi connectivity index (χ0v) is 13.7. The molecule has 0 aromatic heterocycles. The smallest absolute Gasteiger partial charge is 0.231 e. The molecule has 4 rings (SSSR count). The van der Waals surface area contributed by atoms with E-state index in [0.29, 0.717) is 30.1 Å². The Morgan fingerprint density at radius 1 is 0.909 bits per heavy atom. The molecule has 0 aliphatic heterocycles. The maximum absolute atomic E-state index is 11.3. The molecule has 0 bridgehead atoms. The van der Waals surface area contributed by atoms with Crippen molar-refractivity contribution in [3.63, 3.8) is 0 Å². The van der Waals surface area contributed by atoms with Crippen LogP contribution >= 0.6 is 0 Å². The van der Waals surface area contributed by atoms with E-state index in [2.05, 4.69) is 0 Å². The van der Waals surface area contributed by atoms with E-state index in [1.807, 2.05) is 0 Å². The summed E-state index contributed by atoms with van der Waals surface area (Å²) in [5.74, 6) is 0.531. The van der Waals surface area contributed by atoms with Crippen LogP contribution in [0.5, 0.6) is 0 Å². The highest BCUT2D eigenvalue weighted by Crippen LogP contribution is 2.59. The summed E-state index contributed by atoms with van der Waals surface area (Å²) in [6.07, 6.45) is 3.30. The summed E-state index contributed by atoms with van der Waals surface area (Å²) in [6, 6.07) is 0. The van der Waals surface area contributed by atoms with E-state index < -0.39 is 17.7 Å². The van der Waals surface area contributed by atoms with Crippen LogP contribution in [0.15, 0.2) is 0 Å². The molecule has 0 saturated heterocycles. The summed E-state index contributed by atoms with van der Waals surface area (Å²) < 4.78 is 20.8. The standard InChI is InChI=1S/C8H14O3.C8H12O3/c2*1-10-8(11-2)6-3-5(6)4-7(8)9/h5-7,9H,3-4H2,1-2H3;5-6H,3-4H2,1-2H3/t5-,6-,7?;5-,6-/m11/s1. The van der Waals surface area contributed by atoms with Crippen LogP contribution in [0.4, 0.5) is 0 Å². The highest BCUT2D eigenvalue weighted by Gasteiger charge is 2.65. The first-order valence-corrected chi connectivity index (χ1v) is 7.91. The molecular formula is C16H26O6. The summed E-state index contributed by atoms with van der Waals surface area (Å²) in [5, 5.41) is 9.59. The summed E-state index contributed by atoms with van der Waals surface area (Å²) >= 11 is 0. The monoisotopic (exact) mass is 314 g/mol. The predicted molar refractivity (Wildman–Crippen MR) is 76.9 cm³/mol. The van der Waals surface area contributed by atoms with Gasteiger partial charge in [-0.1, -0.05) is 0 Å². The molecule has 126 valence electrons. The number of hydrogen-bond acceptors (Lipinski definition) is 6. The molecule has 0 aromatic rings. The molecule has 5 atom stereocenters. The van der Waals surface area contributed by atoms with Crippen molar-refractivity contribution < 1.29 is 28.8 Å². The van der Waals surface area contributed by atoms with Crippen LogP contribution in [0, 0.1) is 23.7 Å². The number of fused-ring (bicyclic) bond motifs is 2. The van der Waals surface area contributed by atoms with Crippen molar-refractivity contribution in [1.82, 2.24) is 0 Å². The van der Waals surface area contributed by atoms with Crippen LogP contribution in [0.2, 0.25) is 0 Å². The molecule has 1 unspecified atom stereocenters. The zero-order chi connectivity index (χ0) is 16.1. The first kappa shape index (κ1) is 16.3. The predicted octanol–water partition coefficient (Wildman–Crippen LogP) is 0.961. The number of Topliss-reactive ketones (excluding diaryl/α,β-unsaturated/α-hetero) is 1. The van der Waals surface area contributed by atoms with Crippen LogP contribution in [0.3, 0.4) is 0 Å². The maximum Gasteiger partial charge on any atom is 0.231 e. The highest BCUT2D eigenvalue weighted by atomic mass is 16.7. The summed E-state index contributed by atoms with van der Waals surface area (Å²) in [5.41, 5.74) is 0. The van der Waals surface area contributed by atoms with Crippen molar-refractivity contribution >= 4 is 5.78 Å². The van der Waals surface area contributed by atoms with E-state index in [1.165, 1.54) is 0 Å². The van der Waals surface area contributed by atoms with Crippen molar-refractivity contribution in [3.05, 3.63) is 0 Å². The maximum atomic E-state index is 11.3. The van der Waals surface area contributed by atoms with E-state index in [1.54, 1.807) is 28.4 Å². The zero-order valence-electron chi connectivity index (χ0n) is 13.7. The van der Waals surface area contributed by atoms with Crippen molar-refractivity contribution in [2.24, 2.45) is 23.7 Å². The van der Waals surface area contributed by atoms with Gasteiger partial charge in [-0.3, -0.25) is 4.79 Å². The van der Waals surface area contributed by atoms with E-state index in [4.69, 9.17) is 18.9 Å². The molecular weight excluding hydrogens is 288 g/mol. The lowest BCUT2D eigenvalue weighted by atomic mass is 10.1. The molecule has 0 radical (unpaired) electrons. The molecule has 0 spiro atoms. The van der Waals surface area contributed by atoms with Crippen molar-refractivity contribution in [3.8, 4) is 0 Å². The van der Waals surface area contributed by atoms with Gasteiger partial charge < -0.3 is 24.1 Å². The molecule has 4 fully saturated rings. The first-order chi connectivity index (χ1) is 10.5. The topological polar surface area (TPSA) is 74.2 Å². The number of rotatable bonds is 4. The van der Waals surface area contributed by atoms with Crippen molar-refractivity contribution in [2.45, 2.75) is 43.4 Å². The molecule has 0 amide bonds.